The Labute approximate surface area is 141 Å². The maximum atomic E-state index is 12.5. The van der Waals surface area contributed by atoms with Gasteiger partial charge in [-0.15, -0.1) is 0 Å². The number of aromatic nitrogens is 2. The van der Waals surface area contributed by atoms with E-state index in [-0.39, 0.29) is 11.7 Å². The van der Waals surface area contributed by atoms with E-state index in [2.05, 4.69) is 24.0 Å². The van der Waals surface area contributed by atoms with Gasteiger partial charge in [-0.3, -0.25) is 14.7 Å². The maximum absolute atomic E-state index is 12.5. The number of aromatic amines is 1. The number of carbonyl (C=O) groups excluding carboxylic acids is 2. The summed E-state index contributed by atoms with van der Waals surface area (Å²) in [6.45, 7) is 6.00. The smallest absolute Gasteiger partial charge is 0.232 e. The van der Waals surface area contributed by atoms with Gasteiger partial charge in [0, 0.05) is 12.6 Å². The zero-order valence-electron chi connectivity index (χ0n) is 14.1. The number of hydrogen-bond donors (Lipinski definition) is 2. The molecule has 2 aromatic rings. The summed E-state index contributed by atoms with van der Waals surface area (Å²) in [5, 5.41) is 6.80. The molecule has 3 rings (SSSR count). The van der Waals surface area contributed by atoms with Crippen LogP contribution < -0.4 is 10.6 Å². The van der Waals surface area contributed by atoms with Gasteiger partial charge in [0.2, 0.25) is 5.91 Å². The standard InChI is InChI=1S/C18H22N4O2/c1-11(2)13-6-4-5-7-14(13)18(17(19)24)10-22(16(18)12(3)23)15-8-9-20-21-15/h4-9,11,16H,10H2,1-3H3,(H2,19,24)(H,20,21). The molecule has 0 spiro atoms. The van der Waals surface area contributed by atoms with Crippen LogP contribution in [-0.4, -0.2) is 34.5 Å². The van der Waals surface area contributed by atoms with Crippen LogP contribution in [-0.2, 0) is 15.0 Å². The Kier molecular flexibility index (Phi) is 3.91. The average Bonchev–Trinajstić information content (AvgIpc) is 3.00. The van der Waals surface area contributed by atoms with Crippen molar-refractivity contribution in [2.75, 3.05) is 11.4 Å². The van der Waals surface area contributed by atoms with Gasteiger partial charge in [0.25, 0.3) is 0 Å². The molecule has 6 heteroatoms. The first-order valence-electron chi connectivity index (χ1n) is 8.05. The molecule has 126 valence electrons. The molecule has 6 nitrogen and oxygen atoms in total. The van der Waals surface area contributed by atoms with Crippen molar-refractivity contribution >= 4 is 17.5 Å². The van der Waals surface area contributed by atoms with Gasteiger partial charge in [-0.2, -0.15) is 5.10 Å². The van der Waals surface area contributed by atoms with Crippen molar-refractivity contribution in [3.05, 3.63) is 47.7 Å². The molecule has 2 heterocycles. The fourth-order valence-corrected chi connectivity index (χ4v) is 3.78. The normalized spacial score (nSPS) is 23.2. The molecule has 2 atom stereocenters. The summed E-state index contributed by atoms with van der Waals surface area (Å²) in [4.78, 5) is 26.8. The molecule has 1 aliphatic heterocycles. The predicted octanol–water partition coefficient (Wildman–Crippen LogP) is 1.73. The van der Waals surface area contributed by atoms with Crippen LogP contribution in [0.15, 0.2) is 36.5 Å². The third kappa shape index (κ3) is 2.21. The second-order valence-electron chi connectivity index (χ2n) is 6.66. The van der Waals surface area contributed by atoms with Crippen LogP contribution in [0.3, 0.4) is 0 Å². The Morgan fingerprint density at radius 2 is 2.04 bits per heavy atom. The lowest BCUT2D eigenvalue weighted by atomic mass is 9.63. The zero-order chi connectivity index (χ0) is 17.5. The van der Waals surface area contributed by atoms with Crippen LogP contribution in [0.2, 0.25) is 0 Å². The van der Waals surface area contributed by atoms with Crippen molar-refractivity contribution in [1.29, 1.82) is 0 Å². The zero-order valence-corrected chi connectivity index (χ0v) is 14.1. The summed E-state index contributed by atoms with van der Waals surface area (Å²) < 4.78 is 0. The molecule has 1 aromatic heterocycles. The minimum Gasteiger partial charge on any atom is -0.369 e. The minimum absolute atomic E-state index is 0.0896. The van der Waals surface area contributed by atoms with Gasteiger partial charge >= 0.3 is 0 Å². The third-order valence-corrected chi connectivity index (χ3v) is 4.88. The van der Waals surface area contributed by atoms with Crippen LogP contribution in [0.1, 0.15) is 37.8 Å². The van der Waals surface area contributed by atoms with Gasteiger partial charge < -0.3 is 10.6 Å². The van der Waals surface area contributed by atoms with Crippen molar-refractivity contribution in [3.63, 3.8) is 0 Å². The maximum Gasteiger partial charge on any atom is 0.232 e. The van der Waals surface area contributed by atoms with Crippen LogP contribution in [0.4, 0.5) is 5.82 Å². The first kappa shape index (κ1) is 16.2. The molecule has 1 aliphatic rings. The monoisotopic (exact) mass is 326 g/mol. The average molecular weight is 326 g/mol. The van der Waals surface area contributed by atoms with E-state index < -0.39 is 17.4 Å². The highest BCUT2D eigenvalue weighted by Crippen LogP contribution is 2.45. The van der Waals surface area contributed by atoms with Gasteiger partial charge in [-0.05, 0) is 24.0 Å². The number of ketones is 1. The molecule has 0 bridgehead atoms. The van der Waals surface area contributed by atoms with Gasteiger partial charge in [0.1, 0.15) is 17.3 Å². The molecule has 0 saturated carbocycles. The summed E-state index contributed by atoms with van der Waals surface area (Å²) in [7, 11) is 0. The molecule has 1 amide bonds. The highest BCUT2D eigenvalue weighted by molar-refractivity contribution is 6.02. The molecule has 24 heavy (non-hydrogen) atoms. The van der Waals surface area contributed by atoms with E-state index in [4.69, 9.17) is 5.73 Å². The highest BCUT2D eigenvalue weighted by Gasteiger charge is 2.61. The molecule has 2 unspecified atom stereocenters. The van der Waals surface area contributed by atoms with E-state index >= 15 is 0 Å². The number of Topliss-reactive ketones (excluding diaryl/α,β-unsaturated/α-hetero) is 1. The fourth-order valence-electron chi connectivity index (χ4n) is 3.78. The quantitative estimate of drug-likeness (QED) is 0.875. The van der Waals surface area contributed by atoms with Gasteiger partial charge in [-0.1, -0.05) is 38.1 Å². The summed E-state index contributed by atoms with van der Waals surface area (Å²) >= 11 is 0. The summed E-state index contributed by atoms with van der Waals surface area (Å²) in [5.74, 6) is 0.389. The summed E-state index contributed by atoms with van der Waals surface area (Å²) in [6, 6.07) is 8.91. The summed E-state index contributed by atoms with van der Waals surface area (Å²) in [5.41, 5.74) is 6.72. The Morgan fingerprint density at radius 3 is 2.58 bits per heavy atom. The number of carbonyl (C=O) groups is 2. The first-order valence-corrected chi connectivity index (χ1v) is 8.05. The van der Waals surface area contributed by atoms with Crippen molar-refractivity contribution in [2.45, 2.75) is 38.1 Å². The lowest BCUT2D eigenvalue weighted by Crippen LogP contribution is -2.75. The predicted molar refractivity (Wildman–Crippen MR) is 91.8 cm³/mol. The van der Waals surface area contributed by atoms with Crippen molar-refractivity contribution in [1.82, 2.24) is 10.2 Å². The molecule has 1 aromatic carbocycles. The van der Waals surface area contributed by atoms with E-state index in [1.807, 2.05) is 29.2 Å². The Hall–Kier alpha value is -2.63. The Bertz CT molecular complexity index is 769. The highest BCUT2D eigenvalue weighted by atomic mass is 16.2. The van der Waals surface area contributed by atoms with E-state index in [0.29, 0.717) is 12.4 Å². The van der Waals surface area contributed by atoms with Crippen LogP contribution in [0.25, 0.3) is 0 Å². The van der Waals surface area contributed by atoms with Crippen molar-refractivity contribution in [3.8, 4) is 0 Å². The van der Waals surface area contributed by atoms with E-state index in [1.54, 1.807) is 12.3 Å². The van der Waals surface area contributed by atoms with Gasteiger partial charge in [-0.25, -0.2) is 0 Å². The summed E-state index contributed by atoms with van der Waals surface area (Å²) in [6.07, 6.45) is 1.62. The molecule has 3 N–H and O–H groups in total. The fraction of sp³-hybridized carbons (Fsp3) is 0.389. The molecular formula is C18H22N4O2. The largest absolute Gasteiger partial charge is 0.369 e. The number of nitrogens with one attached hydrogen (secondary N) is 1. The molecule has 0 aliphatic carbocycles. The number of hydrogen-bond acceptors (Lipinski definition) is 4. The SMILES string of the molecule is CC(=O)C1N(c2ccn[nH]2)CC1(C(N)=O)c1ccccc1C(C)C. The number of rotatable bonds is 5. The molecule has 1 fully saturated rings. The number of primary amides is 1. The molecular weight excluding hydrogens is 304 g/mol. The van der Waals surface area contributed by atoms with Crippen molar-refractivity contribution in [2.24, 2.45) is 5.73 Å². The Morgan fingerprint density at radius 1 is 1.33 bits per heavy atom. The lowest BCUT2D eigenvalue weighted by molar-refractivity contribution is -0.133. The number of anilines is 1. The van der Waals surface area contributed by atoms with E-state index in [9.17, 15) is 9.59 Å². The van der Waals surface area contributed by atoms with Crippen LogP contribution in [0.5, 0.6) is 0 Å². The van der Waals surface area contributed by atoms with Gasteiger partial charge in [0.05, 0.1) is 6.20 Å². The van der Waals surface area contributed by atoms with Crippen molar-refractivity contribution < 1.29 is 9.59 Å². The molecule has 1 saturated heterocycles. The first-order chi connectivity index (χ1) is 11.4. The van der Waals surface area contributed by atoms with Gasteiger partial charge in [0.15, 0.2) is 5.78 Å². The topological polar surface area (TPSA) is 92.1 Å². The number of benzene rings is 1. The number of nitrogens with zero attached hydrogens (tertiary/aromatic N) is 2. The number of nitrogens with two attached hydrogens (primary N) is 1. The lowest BCUT2D eigenvalue weighted by Gasteiger charge is -2.55. The Balaban J connectivity index is 2.14. The van der Waals surface area contributed by atoms with Crippen LogP contribution in [0, 0.1) is 0 Å². The third-order valence-electron chi connectivity index (χ3n) is 4.88. The van der Waals surface area contributed by atoms with Crippen LogP contribution >= 0.6 is 0 Å². The van der Waals surface area contributed by atoms with E-state index in [1.165, 1.54) is 6.92 Å². The number of H-pyrrole nitrogens is 1. The second-order valence-corrected chi connectivity index (χ2v) is 6.66. The molecule has 0 radical (unpaired) electrons. The minimum atomic E-state index is -1.02. The number of amides is 1. The van der Waals surface area contributed by atoms with E-state index in [0.717, 1.165) is 11.1 Å². The second kappa shape index (κ2) is 5.78.